The molecule has 0 saturated carbocycles. The van der Waals surface area contributed by atoms with Crippen molar-refractivity contribution in [2.45, 2.75) is 30.7 Å². The van der Waals surface area contributed by atoms with E-state index in [1.807, 2.05) is 0 Å². The number of anilines is 1. The van der Waals surface area contributed by atoms with E-state index in [0.29, 0.717) is 24.5 Å². The number of nitrogens with two attached hydrogens (primary N) is 1. The molecule has 0 aromatic heterocycles. The first-order valence-corrected chi connectivity index (χ1v) is 9.02. The highest BCUT2D eigenvalue weighted by molar-refractivity contribution is 7.89. The Balaban J connectivity index is 2.13. The molecule has 2 rings (SSSR count). The molecule has 1 saturated heterocycles. The van der Waals surface area contributed by atoms with Crippen LogP contribution in [0.1, 0.15) is 18.4 Å². The fourth-order valence-corrected chi connectivity index (χ4v) is 3.59. The number of nitrogens with one attached hydrogen (secondary N) is 2. The fraction of sp³-hybridized carbons (Fsp3) is 0.533. The molecule has 0 radical (unpaired) electrons. The molecule has 1 aromatic rings. The van der Waals surface area contributed by atoms with Crippen LogP contribution in [-0.2, 0) is 19.6 Å². The van der Waals surface area contributed by atoms with Crippen molar-refractivity contribution >= 4 is 21.6 Å². The van der Waals surface area contributed by atoms with Crippen molar-refractivity contribution in [2.75, 3.05) is 25.6 Å². The van der Waals surface area contributed by atoms with E-state index in [0.717, 1.165) is 12.8 Å². The van der Waals surface area contributed by atoms with Crippen molar-refractivity contribution in [3.63, 3.8) is 0 Å². The lowest BCUT2D eigenvalue weighted by atomic mass is 9.92. The van der Waals surface area contributed by atoms with Gasteiger partial charge in [0, 0.05) is 18.9 Å². The molecule has 128 valence electrons. The van der Waals surface area contributed by atoms with Crippen LogP contribution < -0.4 is 15.8 Å². The summed E-state index contributed by atoms with van der Waals surface area (Å²) in [5.74, 6) is -0.233. The van der Waals surface area contributed by atoms with Crippen molar-refractivity contribution in [3.8, 4) is 0 Å². The molecule has 0 bridgehead atoms. The molecular weight excluding hydrogens is 318 g/mol. The van der Waals surface area contributed by atoms with E-state index in [4.69, 9.17) is 10.5 Å². The summed E-state index contributed by atoms with van der Waals surface area (Å²) in [4.78, 5) is 12.4. The molecule has 1 unspecified atom stereocenters. The van der Waals surface area contributed by atoms with Gasteiger partial charge in [0.05, 0.1) is 10.9 Å². The summed E-state index contributed by atoms with van der Waals surface area (Å²) in [7, 11) is -2.23. The SMILES string of the molecule is CNS(=O)(=O)c1cc(NC(=O)C(N)C2CCOCC2)ccc1C. The van der Waals surface area contributed by atoms with Crippen LogP contribution in [0.2, 0.25) is 0 Å². The maximum absolute atomic E-state index is 12.3. The molecule has 1 atom stereocenters. The zero-order valence-electron chi connectivity index (χ0n) is 13.3. The van der Waals surface area contributed by atoms with Crippen LogP contribution in [0.5, 0.6) is 0 Å². The molecule has 1 amide bonds. The molecular formula is C15H23N3O4S. The molecule has 0 aliphatic carbocycles. The van der Waals surface area contributed by atoms with Crippen LogP contribution in [0.15, 0.2) is 23.1 Å². The van der Waals surface area contributed by atoms with E-state index in [1.54, 1.807) is 19.1 Å². The van der Waals surface area contributed by atoms with Crippen molar-refractivity contribution < 1.29 is 17.9 Å². The van der Waals surface area contributed by atoms with E-state index in [2.05, 4.69) is 10.0 Å². The van der Waals surface area contributed by atoms with Gasteiger partial charge >= 0.3 is 0 Å². The van der Waals surface area contributed by atoms with Gasteiger partial charge in [-0.1, -0.05) is 6.07 Å². The Morgan fingerprint density at radius 2 is 2.00 bits per heavy atom. The zero-order chi connectivity index (χ0) is 17.0. The van der Waals surface area contributed by atoms with Crippen molar-refractivity contribution in [2.24, 2.45) is 11.7 Å². The summed E-state index contributed by atoms with van der Waals surface area (Å²) in [6.45, 7) is 2.92. The van der Waals surface area contributed by atoms with Gasteiger partial charge in [0.1, 0.15) is 0 Å². The molecule has 1 aliphatic rings. The lowest BCUT2D eigenvalue weighted by Gasteiger charge is -2.26. The Bertz CT molecular complexity index is 669. The highest BCUT2D eigenvalue weighted by atomic mass is 32.2. The Morgan fingerprint density at radius 3 is 2.61 bits per heavy atom. The molecule has 1 aliphatic heterocycles. The summed E-state index contributed by atoms with van der Waals surface area (Å²) in [6, 6.07) is 4.12. The summed E-state index contributed by atoms with van der Waals surface area (Å²) in [6.07, 6.45) is 1.50. The van der Waals surface area contributed by atoms with Crippen molar-refractivity contribution in [1.29, 1.82) is 0 Å². The lowest BCUT2D eigenvalue weighted by molar-refractivity contribution is -0.119. The molecule has 7 nitrogen and oxygen atoms in total. The fourth-order valence-electron chi connectivity index (χ4n) is 2.59. The summed E-state index contributed by atoms with van der Waals surface area (Å²) in [5, 5.41) is 2.71. The Kier molecular flexibility index (Phi) is 5.74. The number of amides is 1. The second kappa shape index (κ2) is 7.39. The van der Waals surface area contributed by atoms with Gasteiger partial charge in [-0.15, -0.1) is 0 Å². The van der Waals surface area contributed by atoms with Crippen molar-refractivity contribution in [1.82, 2.24) is 4.72 Å². The first-order chi connectivity index (χ1) is 10.8. The third kappa shape index (κ3) is 4.29. The molecule has 1 aromatic carbocycles. The second-order valence-electron chi connectivity index (χ2n) is 5.65. The van der Waals surface area contributed by atoms with Gasteiger partial charge in [0.2, 0.25) is 15.9 Å². The lowest BCUT2D eigenvalue weighted by Crippen LogP contribution is -2.44. The average molecular weight is 341 g/mol. The number of hydrogen-bond acceptors (Lipinski definition) is 5. The molecule has 4 N–H and O–H groups in total. The molecule has 1 heterocycles. The summed E-state index contributed by atoms with van der Waals surface area (Å²) in [5.41, 5.74) is 7.04. The van der Waals surface area contributed by atoms with Crippen molar-refractivity contribution in [3.05, 3.63) is 23.8 Å². The number of benzene rings is 1. The van der Waals surface area contributed by atoms with Gasteiger partial charge in [-0.25, -0.2) is 13.1 Å². The van der Waals surface area contributed by atoms with Gasteiger partial charge in [-0.05, 0) is 50.4 Å². The maximum Gasteiger partial charge on any atom is 0.241 e. The van der Waals surface area contributed by atoms with E-state index in [1.165, 1.54) is 13.1 Å². The van der Waals surface area contributed by atoms with E-state index >= 15 is 0 Å². The molecule has 0 spiro atoms. The highest BCUT2D eigenvalue weighted by Gasteiger charge is 2.27. The minimum Gasteiger partial charge on any atom is -0.381 e. The van der Waals surface area contributed by atoms with Gasteiger partial charge in [0.15, 0.2) is 0 Å². The van der Waals surface area contributed by atoms with Crippen LogP contribution in [0, 0.1) is 12.8 Å². The molecule has 8 heteroatoms. The third-order valence-corrected chi connectivity index (χ3v) is 5.65. The predicted molar refractivity (Wildman–Crippen MR) is 87.6 cm³/mol. The van der Waals surface area contributed by atoms with Crippen LogP contribution >= 0.6 is 0 Å². The average Bonchev–Trinajstić information content (AvgIpc) is 2.56. The number of aryl methyl sites for hydroxylation is 1. The van der Waals surface area contributed by atoms with Gasteiger partial charge < -0.3 is 15.8 Å². The zero-order valence-corrected chi connectivity index (χ0v) is 14.2. The number of carbonyl (C=O) groups is 1. The van der Waals surface area contributed by atoms with E-state index in [-0.39, 0.29) is 16.7 Å². The van der Waals surface area contributed by atoms with Gasteiger partial charge in [0.25, 0.3) is 0 Å². The first kappa shape index (κ1) is 17.9. The number of sulfonamides is 1. The van der Waals surface area contributed by atoms with Crippen LogP contribution in [0.4, 0.5) is 5.69 Å². The smallest absolute Gasteiger partial charge is 0.241 e. The molecule has 1 fully saturated rings. The Labute approximate surface area is 136 Å². The first-order valence-electron chi connectivity index (χ1n) is 7.53. The van der Waals surface area contributed by atoms with Gasteiger partial charge in [-0.3, -0.25) is 4.79 Å². The summed E-state index contributed by atoms with van der Waals surface area (Å²) < 4.78 is 31.5. The topological polar surface area (TPSA) is 111 Å². The minimum absolute atomic E-state index is 0.0784. The number of carbonyl (C=O) groups excluding carboxylic acids is 1. The second-order valence-corrected chi connectivity index (χ2v) is 7.51. The van der Waals surface area contributed by atoms with Gasteiger partial charge in [-0.2, -0.15) is 0 Å². The van der Waals surface area contributed by atoms with Crippen LogP contribution in [0.25, 0.3) is 0 Å². The third-order valence-electron chi connectivity index (χ3n) is 4.09. The minimum atomic E-state index is -3.58. The quantitative estimate of drug-likeness (QED) is 0.726. The number of hydrogen-bond donors (Lipinski definition) is 3. The van der Waals surface area contributed by atoms with E-state index < -0.39 is 16.1 Å². The largest absolute Gasteiger partial charge is 0.381 e. The normalized spacial score (nSPS) is 17.7. The number of ether oxygens (including phenoxy) is 1. The predicted octanol–water partition coefficient (Wildman–Crippen LogP) is 0.596. The Hall–Kier alpha value is -1.48. The number of rotatable bonds is 5. The molecule has 23 heavy (non-hydrogen) atoms. The highest BCUT2D eigenvalue weighted by Crippen LogP contribution is 2.22. The Morgan fingerprint density at radius 1 is 1.35 bits per heavy atom. The van der Waals surface area contributed by atoms with Crippen LogP contribution in [-0.4, -0.2) is 40.6 Å². The standard InChI is InChI=1S/C15H23N3O4S/c1-10-3-4-12(9-13(10)23(20,21)17-2)18-15(19)14(16)11-5-7-22-8-6-11/h3-4,9,11,14,17H,5-8,16H2,1-2H3,(H,18,19). The summed E-state index contributed by atoms with van der Waals surface area (Å²) >= 11 is 0. The monoisotopic (exact) mass is 341 g/mol. The van der Waals surface area contributed by atoms with Crippen LogP contribution in [0.3, 0.4) is 0 Å². The van der Waals surface area contributed by atoms with E-state index in [9.17, 15) is 13.2 Å². The maximum atomic E-state index is 12.3.